The zero-order valence-electron chi connectivity index (χ0n) is 44.3. The summed E-state index contributed by atoms with van der Waals surface area (Å²) in [6.45, 7) is 4.06. The van der Waals surface area contributed by atoms with Gasteiger partial charge < -0.3 is 27.9 Å². The lowest BCUT2D eigenvalue weighted by Gasteiger charge is -2.28. The Kier molecular flexibility index (Phi) is 47.5. The maximum atomic E-state index is 12.7. The van der Waals surface area contributed by atoms with Gasteiger partial charge in [0.05, 0.1) is 27.7 Å². The topological polar surface area (TPSA) is 111 Å². The van der Waals surface area contributed by atoms with Crippen LogP contribution in [0.5, 0.6) is 0 Å². The Morgan fingerprint density at radius 3 is 1.24 bits per heavy atom. The molecule has 2 unspecified atom stereocenters. The maximum Gasteiger partial charge on any atom is 0.306 e. The highest BCUT2D eigenvalue weighted by atomic mass is 31.2. The van der Waals surface area contributed by atoms with Crippen molar-refractivity contribution in [2.45, 2.75) is 258 Å². The minimum absolute atomic E-state index is 0.0434. The number of phosphoric ester groups is 1. The summed E-state index contributed by atoms with van der Waals surface area (Å²) in [5.41, 5.74) is 0. The van der Waals surface area contributed by atoms with E-state index in [1.807, 2.05) is 33.3 Å². The van der Waals surface area contributed by atoms with Crippen molar-refractivity contribution >= 4 is 19.8 Å². The SMILES string of the molecule is CC/C=C\C/C=C\C/C=C\C/C=C\CCC(=O)OC(COC(=O)CCCCCCCCCCCCCCCCCCCCCCCCCCCCCCCC)COP(=O)([O-])OCC[N+](C)(C)C. The van der Waals surface area contributed by atoms with Crippen molar-refractivity contribution in [3.05, 3.63) is 48.6 Å². The molecular weight excluding hydrogens is 858 g/mol. The number of rotatable bonds is 51. The van der Waals surface area contributed by atoms with Crippen molar-refractivity contribution in [1.29, 1.82) is 0 Å². The maximum absolute atomic E-state index is 12.7. The molecule has 0 N–H and O–H groups in total. The number of carbonyl (C=O) groups excluding carboxylic acids is 2. The largest absolute Gasteiger partial charge is 0.756 e. The van der Waals surface area contributed by atoms with Crippen LogP contribution in [0.1, 0.15) is 251 Å². The number of allylic oxidation sites excluding steroid dienone is 8. The van der Waals surface area contributed by atoms with Crippen molar-refractivity contribution in [2.75, 3.05) is 47.5 Å². The van der Waals surface area contributed by atoms with Crippen LogP contribution < -0.4 is 4.89 Å². The van der Waals surface area contributed by atoms with Gasteiger partial charge in [0.1, 0.15) is 19.8 Å². The number of nitrogens with zero attached hydrogens (tertiary/aromatic N) is 1. The lowest BCUT2D eigenvalue weighted by Crippen LogP contribution is -2.37. The van der Waals surface area contributed by atoms with Gasteiger partial charge in [-0.1, -0.05) is 249 Å². The predicted octanol–water partition coefficient (Wildman–Crippen LogP) is 16.3. The summed E-state index contributed by atoms with van der Waals surface area (Å²) in [5.74, 6) is -0.921. The Hall–Kier alpha value is -2.03. The molecule has 0 radical (unpaired) electrons. The van der Waals surface area contributed by atoms with Gasteiger partial charge in [0.25, 0.3) is 7.82 Å². The molecule has 0 amide bonds. The van der Waals surface area contributed by atoms with Gasteiger partial charge in [-0.3, -0.25) is 14.2 Å². The van der Waals surface area contributed by atoms with Gasteiger partial charge in [0.2, 0.25) is 0 Å². The van der Waals surface area contributed by atoms with Crippen LogP contribution in [-0.2, 0) is 32.7 Å². The molecule has 0 aromatic carbocycles. The van der Waals surface area contributed by atoms with Crippen LogP contribution in [0.3, 0.4) is 0 Å². The zero-order chi connectivity index (χ0) is 49.2. The molecule has 0 bridgehead atoms. The second-order valence-corrected chi connectivity index (χ2v) is 21.3. The molecule has 0 aliphatic rings. The van der Waals surface area contributed by atoms with Gasteiger partial charge in [0, 0.05) is 12.8 Å². The zero-order valence-corrected chi connectivity index (χ0v) is 45.2. The van der Waals surface area contributed by atoms with Gasteiger partial charge in [-0.25, -0.2) is 0 Å². The van der Waals surface area contributed by atoms with Crippen molar-refractivity contribution in [3.8, 4) is 0 Å². The molecule has 0 saturated carbocycles. The third-order valence-corrected chi connectivity index (χ3v) is 13.1. The molecule has 0 aromatic rings. The molecule has 0 saturated heterocycles. The number of quaternary nitrogens is 1. The van der Waals surface area contributed by atoms with Gasteiger partial charge in [-0.2, -0.15) is 0 Å². The molecular formula is C57H106NO8P. The number of hydrogen-bond acceptors (Lipinski definition) is 8. The van der Waals surface area contributed by atoms with Crippen LogP contribution in [-0.4, -0.2) is 70.0 Å². The van der Waals surface area contributed by atoms with Gasteiger partial charge in [0.15, 0.2) is 6.10 Å². The summed E-state index contributed by atoms with van der Waals surface area (Å²) in [7, 11) is 1.13. The van der Waals surface area contributed by atoms with E-state index in [0.717, 1.165) is 44.9 Å². The summed E-state index contributed by atoms with van der Waals surface area (Å²) >= 11 is 0. The summed E-state index contributed by atoms with van der Waals surface area (Å²) in [6.07, 6.45) is 60.6. The van der Waals surface area contributed by atoms with Gasteiger partial charge >= 0.3 is 11.9 Å². The monoisotopic (exact) mass is 964 g/mol. The number of phosphoric acid groups is 1. The normalized spacial score (nSPS) is 13.7. The molecule has 0 aromatic heterocycles. The van der Waals surface area contributed by atoms with E-state index >= 15 is 0 Å². The quantitative estimate of drug-likeness (QED) is 0.0195. The van der Waals surface area contributed by atoms with Crippen LogP contribution in [0.2, 0.25) is 0 Å². The van der Waals surface area contributed by atoms with Crippen LogP contribution in [0.25, 0.3) is 0 Å². The number of esters is 2. The van der Waals surface area contributed by atoms with Gasteiger partial charge in [-0.05, 0) is 38.5 Å². The van der Waals surface area contributed by atoms with Gasteiger partial charge in [-0.15, -0.1) is 0 Å². The number of ether oxygens (including phenoxy) is 2. The number of unbranched alkanes of at least 4 members (excludes halogenated alkanes) is 29. The molecule has 9 nitrogen and oxygen atoms in total. The second-order valence-electron chi connectivity index (χ2n) is 19.9. The lowest BCUT2D eigenvalue weighted by molar-refractivity contribution is -0.870. The lowest BCUT2D eigenvalue weighted by atomic mass is 10.0. The highest BCUT2D eigenvalue weighted by Gasteiger charge is 2.21. The number of carbonyl (C=O) groups is 2. The third kappa shape index (κ3) is 53.2. The molecule has 392 valence electrons. The highest BCUT2D eigenvalue weighted by Crippen LogP contribution is 2.38. The summed E-state index contributed by atoms with van der Waals surface area (Å²) in [4.78, 5) is 37.6. The Balaban J connectivity index is 4.04. The fourth-order valence-electron chi connectivity index (χ4n) is 7.85. The minimum atomic E-state index is -4.65. The first kappa shape index (κ1) is 65.0. The smallest absolute Gasteiger partial charge is 0.306 e. The van der Waals surface area contributed by atoms with E-state index in [-0.39, 0.29) is 26.1 Å². The molecule has 0 rings (SSSR count). The third-order valence-electron chi connectivity index (χ3n) is 12.1. The molecule has 0 fully saturated rings. The Morgan fingerprint density at radius 2 is 0.851 bits per heavy atom. The van der Waals surface area contributed by atoms with E-state index in [9.17, 15) is 19.0 Å². The second kappa shape index (κ2) is 49.0. The molecule has 0 heterocycles. The number of likely N-dealkylation sites (N-methyl/N-ethyl adjacent to an activating group) is 1. The summed E-state index contributed by atoms with van der Waals surface area (Å²) in [5, 5.41) is 0. The van der Waals surface area contributed by atoms with E-state index in [1.54, 1.807) is 0 Å². The van der Waals surface area contributed by atoms with E-state index < -0.39 is 32.5 Å². The van der Waals surface area contributed by atoms with Crippen LogP contribution in [0, 0.1) is 0 Å². The van der Waals surface area contributed by atoms with Crippen LogP contribution >= 0.6 is 7.82 Å². The highest BCUT2D eigenvalue weighted by molar-refractivity contribution is 7.45. The van der Waals surface area contributed by atoms with E-state index in [1.165, 1.54) is 173 Å². The standard InChI is InChI=1S/C57H106NO8P/c1-6-8-10-12-14-16-18-20-21-22-23-24-25-26-27-28-29-30-31-32-33-34-35-36-38-39-41-43-45-47-49-56(59)63-53-55(54-65-67(61,62)64-52-51-58(3,4)5)66-57(60)50-48-46-44-42-40-37-19-17-15-13-11-9-7-2/h9,11,15,17,37,40,44,46,55H,6-8,10,12-14,16,18-36,38-39,41-43,45,47-54H2,1-5H3/b11-9-,17-15-,40-37-,46-44-. The molecule has 0 spiro atoms. The number of hydrogen-bond donors (Lipinski definition) is 0. The fourth-order valence-corrected chi connectivity index (χ4v) is 8.58. The first-order chi connectivity index (χ1) is 32.5. The molecule has 10 heteroatoms. The first-order valence-corrected chi connectivity index (χ1v) is 29.3. The molecule has 2 atom stereocenters. The summed E-state index contributed by atoms with van der Waals surface area (Å²) in [6, 6.07) is 0. The molecule has 67 heavy (non-hydrogen) atoms. The van der Waals surface area contributed by atoms with Crippen molar-refractivity contribution in [2.24, 2.45) is 0 Å². The van der Waals surface area contributed by atoms with Crippen molar-refractivity contribution in [1.82, 2.24) is 0 Å². The predicted molar refractivity (Wildman–Crippen MR) is 282 cm³/mol. The van der Waals surface area contributed by atoms with Crippen LogP contribution in [0.15, 0.2) is 48.6 Å². The van der Waals surface area contributed by atoms with E-state index in [0.29, 0.717) is 17.4 Å². The van der Waals surface area contributed by atoms with E-state index in [2.05, 4.69) is 50.3 Å². The van der Waals surface area contributed by atoms with Crippen LogP contribution in [0.4, 0.5) is 0 Å². The minimum Gasteiger partial charge on any atom is -0.756 e. The Morgan fingerprint density at radius 1 is 0.478 bits per heavy atom. The average Bonchev–Trinajstić information content (AvgIpc) is 3.29. The molecule has 0 aliphatic heterocycles. The Labute approximate surface area is 414 Å². The van der Waals surface area contributed by atoms with E-state index in [4.69, 9.17) is 18.5 Å². The molecule has 0 aliphatic carbocycles. The average molecular weight is 964 g/mol. The van der Waals surface area contributed by atoms with Crippen molar-refractivity contribution in [3.63, 3.8) is 0 Å². The van der Waals surface area contributed by atoms with Crippen molar-refractivity contribution < 1.29 is 42.1 Å². The Bertz CT molecular complexity index is 1270. The summed E-state index contributed by atoms with van der Waals surface area (Å²) < 4.78 is 33.9. The first-order valence-electron chi connectivity index (χ1n) is 27.8. The fraction of sp³-hybridized carbons (Fsp3) is 0.825.